The monoisotopic (exact) mass is 264 g/mol. The SMILES string of the molecule is Cc1nc(CN)ccc1CN1CCN(CCO)CC1. The zero-order valence-corrected chi connectivity index (χ0v) is 11.7. The molecule has 1 aliphatic heterocycles. The van der Waals surface area contributed by atoms with E-state index >= 15 is 0 Å². The smallest absolute Gasteiger partial charge is 0.0558 e. The van der Waals surface area contributed by atoms with Crippen molar-refractivity contribution in [2.45, 2.75) is 20.0 Å². The Bertz CT molecular complexity index is 402. The largest absolute Gasteiger partial charge is 0.395 e. The number of rotatable bonds is 5. The zero-order chi connectivity index (χ0) is 13.7. The van der Waals surface area contributed by atoms with Gasteiger partial charge in [-0.2, -0.15) is 0 Å². The summed E-state index contributed by atoms with van der Waals surface area (Å²) in [7, 11) is 0. The third-order valence-corrected chi connectivity index (χ3v) is 3.74. The maximum atomic E-state index is 8.93. The van der Waals surface area contributed by atoms with Crippen LogP contribution in [0.15, 0.2) is 12.1 Å². The van der Waals surface area contributed by atoms with Crippen LogP contribution in [0.1, 0.15) is 17.0 Å². The molecule has 1 aliphatic rings. The molecule has 0 bridgehead atoms. The first-order valence-corrected chi connectivity index (χ1v) is 6.94. The van der Waals surface area contributed by atoms with E-state index < -0.39 is 0 Å². The number of β-amino-alcohol motifs (C(OH)–C–C–N with tert-alkyl or cyclic N) is 1. The average molecular weight is 264 g/mol. The predicted molar refractivity (Wildman–Crippen MR) is 75.7 cm³/mol. The molecule has 106 valence electrons. The van der Waals surface area contributed by atoms with Crippen LogP contribution >= 0.6 is 0 Å². The molecular formula is C14H24N4O. The topological polar surface area (TPSA) is 65.6 Å². The Morgan fingerprint density at radius 3 is 2.47 bits per heavy atom. The number of hydrogen-bond donors (Lipinski definition) is 2. The van der Waals surface area contributed by atoms with Gasteiger partial charge in [-0.15, -0.1) is 0 Å². The first-order chi connectivity index (χ1) is 9.22. The summed E-state index contributed by atoms with van der Waals surface area (Å²) in [5, 5.41) is 8.93. The molecule has 2 rings (SSSR count). The van der Waals surface area contributed by atoms with Crippen molar-refractivity contribution in [3.05, 3.63) is 29.1 Å². The number of nitrogens with zero attached hydrogens (tertiary/aromatic N) is 3. The van der Waals surface area contributed by atoms with E-state index in [-0.39, 0.29) is 6.61 Å². The molecule has 5 nitrogen and oxygen atoms in total. The summed E-state index contributed by atoms with van der Waals surface area (Å²) in [5.74, 6) is 0. The van der Waals surface area contributed by atoms with Gasteiger partial charge in [-0.25, -0.2) is 0 Å². The van der Waals surface area contributed by atoms with E-state index in [9.17, 15) is 0 Å². The van der Waals surface area contributed by atoms with E-state index in [2.05, 4.69) is 27.8 Å². The van der Waals surface area contributed by atoms with Crippen molar-refractivity contribution < 1.29 is 5.11 Å². The van der Waals surface area contributed by atoms with Gasteiger partial charge in [0.25, 0.3) is 0 Å². The van der Waals surface area contributed by atoms with Crippen LogP contribution < -0.4 is 5.73 Å². The summed E-state index contributed by atoms with van der Waals surface area (Å²) in [6.45, 7) is 8.73. The van der Waals surface area contributed by atoms with Gasteiger partial charge in [0.1, 0.15) is 0 Å². The van der Waals surface area contributed by atoms with E-state index in [1.54, 1.807) is 0 Å². The minimum absolute atomic E-state index is 0.254. The number of aryl methyl sites for hydroxylation is 1. The van der Waals surface area contributed by atoms with Crippen molar-refractivity contribution in [3.8, 4) is 0 Å². The van der Waals surface area contributed by atoms with Crippen LogP contribution in [0.3, 0.4) is 0 Å². The molecule has 5 heteroatoms. The highest BCUT2D eigenvalue weighted by Gasteiger charge is 2.17. The van der Waals surface area contributed by atoms with E-state index in [1.165, 1.54) is 5.56 Å². The molecule has 0 amide bonds. The lowest BCUT2D eigenvalue weighted by atomic mass is 10.1. The van der Waals surface area contributed by atoms with Gasteiger partial charge >= 0.3 is 0 Å². The predicted octanol–water partition coefficient (Wildman–Crippen LogP) is -0.0414. The Morgan fingerprint density at radius 1 is 1.21 bits per heavy atom. The summed E-state index contributed by atoms with van der Waals surface area (Å²) in [6, 6.07) is 4.16. The number of aromatic nitrogens is 1. The Labute approximate surface area is 115 Å². The summed E-state index contributed by atoms with van der Waals surface area (Å²) >= 11 is 0. The molecule has 0 unspecified atom stereocenters. The van der Waals surface area contributed by atoms with Crippen LogP contribution in [0.2, 0.25) is 0 Å². The molecule has 0 aliphatic carbocycles. The molecule has 2 heterocycles. The van der Waals surface area contributed by atoms with Gasteiger partial charge in [0.15, 0.2) is 0 Å². The van der Waals surface area contributed by atoms with Crippen LogP contribution in [-0.2, 0) is 13.1 Å². The van der Waals surface area contributed by atoms with E-state index in [4.69, 9.17) is 10.8 Å². The molecule has 1 saturated heterocycles. The standard InChI is InChI=1S/C14H24N4O/c1-12-13(2-3-14(10-15)16-12)11-18-6-4-17(5-7-18)8-9-19/h2-3,19H,4-11,15H2,1H3. The lowest BCUT2D eigenvalue weighted by Crippen LogP contribution is -2.46. The van der Waals surface area contributed by atoms with Gasteiger partial charge in [0.2, 0.25) is 0 Å². The average Bonchev–Trinajstić information content (AvgIpc) is 2.43. The fourth-order valence-electron chi connectivity index (χ4n) is 2.48. The molecule has 19 heavy (non-hydrogen) atoms. The summed E-state index contributed by atoms with van der Waals surface area (Å²) in [5.41, 5.74) is 8.92. The Balaban J connectivity index is 1.88. The van der Waals surface area contributed by atoms with Gasteiger partial charge in [-0.3, -0.25) is 14.8 Å². The number of piperazine rings is 1. The van der Waals surface area contributed by atoms with Crippen LogP contribution in [-0.4, -0.2) is 59.2 Å². The maximum absolute atomic E-state index is 8.93. The van der Waals surface area contributed by atoms with Crippen molar-refractivity contribution >= 4 is 0 Å². The van der Waals surface area contributed by atoms with Gasteiger partial charge in [-0.05, 0) is 18.6 Å². The molecular weight excluding hydrogens is 240 g/mol. The Hall–Kier alpha value is -1.01. The van der Waals surface area contributed by atoms with E-state index in [0.717, 1.165) is 50.7 Å². The first kappa shape index (κ1) is 14.4. The van der Waals surface area contributed by atoms with Gasteiger partial charge in [0, 0.05) is 51.5 Å². The summed E-state index contributed by atoms with van der Waals surface area (Å²) < 4.78 is 0. The number of aliphatic hydroxyl groups is 1. The number of hydrogen-bond acceptors (Lipinski definition) is 5. The van der Waals surface area contributed by atoms with E-state index in [1.807, 2.05) is 6.07 Å². The third kappa shape index (κ3) is 3.98. The van der Waals surface area contributed by atoms with E-state index in [0.29, 0.717) is 6.54 Å². The minimum Gasteiger partial charge on any atom is -0.395 e. The normalized spacial score (nSPS) is 17.8. The second kappa shape index (κ2) is 6.96. The molecule has 0 saturated carbocycles. The lowest BCUT2D eigenvalue weighted by Gasteiger charge is -2.34. The van der Waals surface area contributed by atoms with Crippen molar-refractivity contribution in [1.29, 1.82) is 0 Å². The summed E-state index contributed by atoms with van der Waals surface area (Å²) in [6.07, 6.45) is 0. The quantitative estimate of drug-likeness (QED) is 0.781. The second-order valence-corrected chi connectivity index (χ2v) is 5.09. The fraction of sp³-hybridized carbons (Fsp3) is 0.643. The molecule has 0 radical (unpaired) electrons. The maximum Gasteiger partial charge on any atom is 0.0558 e. The fourth-order valence-corrected chi connectivity index (χ4v) is 2.48. The molecule has 0 spiro atoms. The highest BCUT2D eigenvalue weighted by Crippen LogP contribution is 2.12. The van der Waals surface area contributed by atoms with Gasteiger partial charge < -0.3 is 10.8 Å². The Kier molecular flexibility index (Phi) is 5.27. The van der Waals surface area contributed by atoms with Crippen LogP contribution in [0.25, 0.3) is 0 Å². The number of pyridine rings is 1. The van der Waals surface area contributed by atoms with Gasteiger partial charge in [0.05, 0.1) is 12.3 Å². The summed E-state index contributed by atoms with van der Waals surface area (Å²) in [4.78, 5) is 9.26. The highest BCUT2D eigenvalue weighted by molar-refractivity contribution is 5.22. The first-order valence-electron chi connectivity index (χ1n) is 6.94. The van der Waals surface area contributed by atoms with Crippen LogP contribution in [0, 0.1) is 6.92 Å². The number of nitrogens with two attached hydrogens (primary N) is 1. The second-order valence-electron chi connectivity index (χ2n) is 5.09. The van der Waals surface area contributed by atoms with Crippen molar-refractivity contribution in [2.75, 3.05) is 39.3 Å². The molecule has 0 atom stereocenters. The van der Waals surface area contributed by atoms with Crippen LogP contribution in [0.4, 0.5) is 0 Å². The lowest BCUT2D eigenvalue weighted by molar-refractivity contribution is 0.108. The van der Waals surface area contributed by atoms with Crippen LogP contribution in [0.5, 0.6) is 0 Å². The van der Waals surface area contributed by atoms with Gasteiger partial charge in [-0.1, -0.05) is 6.07 Å². The zero-order valence-electron chi connectivity index (χ0n) is 11.7. The molecule has 0 aromatic carbocycles. The molecule has 1 aromatic heterocycles. The third-order valence-electron chi connectivity index (χ3n) is 3.74. The van der Waals surface area contributed by atoms with Crippen molar-refractivity contribution in [1.82, 2.24) is 14.8 Å². The molecule has 1 fully saturated rings. The van der Waals surface area contributed by atoms with Crippen molar-refractivity contribution in [2.24, 2.45) is 5.73 Å². The molecule has 3 N–H and O–H groups in total. The Morgan fingerprint density at radius 2 is 1.89 bits per heavy atom. The highest BCUT2D eigenvalue weighted by atomic mass is 16.3. The molecule has 1 aromatic rings. The van der Waals surface area contributed by atoms with Crippen molar-refractivity contribution in [3.63, 3.8) is 0 Å². The number of aliphatic hydroxyl groups excluding tert-OH is 1. The minimum atomic E-state index is 0.254.